The summed E-state index contributed by atoms with van der Waals surface area (Å²) in [6, 6.07) is 3.88. The van der Waals surface area contributed by atoms with Crippen molar-refractivity contribution in [2.24, 2.45) is 0 Å². The van der Waals surface area contributed by atoms with Gasteiger partial charge in [0.05, 0.1) is 5.75 Å². The van der Waals surface area contributed by atoms with Gasteiger partial charge in [0.15, 0.2) is 11.5 Å². The molecule has 0 unspecified atom stereocenters. The van der Waals surface area contributed by atoms with E-state index in [1.54, 1.807) is 6.92 Å². The van der Waals surface area contributed by atoms with Crippen molar-refractivity contribution in [3.05, 3.63) is 23.3 Å². The molecule has 0 spiro atoms. The summed E-state index contributed by atoms with van der Waals surface area (Å²) < 4.78 is 36.3. The zero-order valence-corrected chi connectivity index (χ0v) is 12.0. The summed E-state index contributed by atoms with van der Waals surface area (Å²) in [6.07, 6.45) is 0.641. The maximum Gasteiger partial charge on any atom is 0.211 e. The number of hydrogen-bond acceptors (Lipinski definition) is 4. The summed E-state index contributed by atoms with van der Waals surface area (Å²) in [7, 11) is -3.13. The van der Waals surface area contributed by atoms with Gasteiger partial charge < -0.3 is 9.47 Å². The lowest BCUT2D eigenvalue weighted by molar-refractivity contribution is 0.171. The Morgan fingerprint density at radius 2 is 1.84 bits per heavy atom. The lowest BCUT2D eigenvalue weighted by atomic mass is 10.0. The van der Waals surface area contributed by atoms with Crippen LogP contribution in [0.15, 0.2) is 12.1 Å². The molecule has 0 saturated carbocycles. The first-order chi connectivity index (χ1) is 9.02. The van der Waals surface area contributed by atoms with Crippen LogP contribution >= 0.6 is 0 Å². The third-order valence-electron chi connectivity index (χ3n) is 3.10. The molecule has 0 aromatic heterocycles. The van der Waals surface area contributed by atoms with Crippen molar-refractivity contribution in [3.63, 3.8) is 0 Å². The molecule has 1 aromatic rings. The van der Waals surface area contributed by atoms with Crippen LogP contribution in [0.1, 0.15) is 18.1 Å². The first-order valence-corrected chi connectivity index (χ1v) is 8.03. The molecule has 0 saturated heterocycles. The second-order valence-electron chi connectivity index (χ2n) is 4.47. The van der Waals surface area contributed by atoms with E-state index in [0.717, 1.165) is 22.6 Å². The van der Waals surface area contributed by atoms with E-state index in [1.807, 2.05) is 19.1 Å². The summed E-state index contributed by atoms with van der Waals surface area (Å²) in [4.78, 5) is 0. The van der Waals surface area contributed by atoms with Crippen LogP contribution in [0.2, 0.25) is 0 Å². The monoisotopic (exact) mass is 285 g/mol. The summed E-state index contributed by atoms with van der Waals surface area (Å²) in [5.41, 5.74) is 2.16. The van der Waals surface area contributed by atoms with E-state index < -0.39 is 10.0 Å². The van der Waals surface area contributed by atoms with Crippen LogP contribution in [-0.2, 0) is 16.4 Å². The number of fused-ring (bicyclic) bond motifs is 1. The van der Waals surface area contributed by atoms with Crippen LogP contribution in [0.3, 0.4) is 0 Å². The maximum absolute atomic E-state index is 11.4. The number of sulfonamides is 1. The van der Waals surface area contributed by atoms with Crippen molar-refractivity contribution in [3.8, 4) is 11.5 Å². The van der Waals surface area contributed by atoms with E-state index in [4.69, 9.17) is 9.47 Å². The van der Waals surface area contributed by atoms with Gasteiger partial charge in [-0.3, -0.25) is 0 Å². The summed E-state index contributed by atoms with van der Waals surface area (Å²) >= 11 is 0. The Labute approximate surface area is 114 Å². The molecule has 1 N–H and O–H groups in total. The van der Waals surface area contributed by atoms with Gasteiger partial charge in [0, 0.05) is 6.54 Å². The van der Waals surface area contributed by atoms with Gasteiger partial charge >= 0.3 is 0 Å². The predicted molar refractivity (Wildman–Crippen MR) is 73.3 cm³/mol. The fraction of sp³-hybridized carbons (Fsp3) is 0.538. The molecule has 1 aromatic carbocycles. The van der Waals surface area contributed by atoms with Crippen molar-refractivity contribution in [1.29, 1.82) is 0 Å². The highest BCUT2D eigenvalue weighted by molar-refractivity contribution is 7.89. The van der Waals surface area contributed by atoms with Gasteiger partial charge in [-0.15, -0.1) is 0 Å². The fourth-order valence-corrected chi connectivity index (χ4v) is 2.56. The number of ether oxygens (including phenoxy) is 2. The van der Waals surface area contributed by atoms with Crippen LogP contribution < -0.4 is 14.2 Å². The van der Waals surface area contributed by atoms with E-state index in [2.05, 4.69) is 4.72 Å². The Morgan fingerprint density at radius 1 is 1.21 bits per heavy atom. The molecule has 0 atom stereocenters. The number of rotatable bonds is 5. The molecule has 0 amide bonds. The second-order valence-corrected chi connectivity index (χ2v) is 6.57. The zero-order valence-electron chi connectivity index (χ0n) is 11.2. The molecule has 1 heterocycles. The summed E-state index contributed by atoms with van der Waals surface area (Å²) in [6.45, 7) is 5.14. The van der Waals surface area contributed by atoms with Crippen LogP contribution in [0.4, 0.5) is 0 Å². The van der Waals surface area contributed by atoms with Gasteiger partial charge in [-0.05, 0) is 43.5 Å². The fourth-order valence-electron chi connectivity index (χ4n) is 1.95. The summed E-state index contributed by atoms with van der Waals surface area (Å²) in [5.74, 6) is 1.61. The quantitative estimate of drug-likeness (QED) is 0.884. The number of aryl methyl sites for hydroxylation is 1. The van der Waals surface area contributed by atoms with Gasteiger partial charge in [0.2, 0.25) is 10.0 Å². The molecule has 5 nitrogen and oxygen atoms in total. The van der Waals surface area contributed by atoms with Crippen molar-refractivity contribution in [2.45, 2.75) is 20.3 Å². The standard InChI is InChI=1S/C13H19NO4S/c1-3-19(15,16)14-5-4-11-9-13-12(8-10(11)2)17-6-7-18-13/h8-9,14H,3-7H2,1-2H3. The molecule has 2 rings (SSSR count). The zero-order chi connectivity index (χ0) is 13.9. The Balaban J connectivity index is 2.04. The average molecular weight is 285 g/mol. The molecular formula is C13H19NO4S. The number of hydrogen-bond donors (Lipinski definition) is 1. The normalized spacial score (nSPS) is 14.4. The molecule has 1 aliphatic rings. The third-order valence-corrected chi connectivity index (χ3v) is 4.50. The first-order valence-electron chi connectivity index (χ1n) is 6.38. The molecular weight excluding hydrogens is 266 g/mol. The molecule has 0 fully saturated rings. The van der Waals surface area contributed by atoms with Crippen molar-refractivity contribution >= 4 is 10.0 Å². The van der Waals surface area contributed by atoms with Crippen LogP contribution in [0, 0.1) is 6.92 Å². The van der Waals surface area contributed by atoms with E-state index in [9.17, 15) is 8.42 Å². The number of benzene rings is 1. The van der Waals surface area contributed by atoms with E-state index in [-0.39, 0.29) is 5.75 Å². The Bertz CT molecular complexity index is 554. The van der Waals surface area contributed by atoms with Crippen molar-refractivity contribution in [1.82, 2.24) is 4.72 Å². The van der Waals surface area contributed by atoms with Crippen LogP contribution in [0.5, 0.6) is 11.5 Å². The Hall–Kier alpha value is -1.27. The maximum atomic E-state index is 11.4. The predicted octanol–water partition coefficient (Wildman–Crippen LogP) is 1.25. The molecule has 19 heavy (non-hydrogen) atoms. The van der Waals surface area contributed by atoms with Crippen LogP contribution in [0.25, 0.3) is 0 Å². The first kappa shape index (κ1) is 14.1. The highest BCUT2D eigenvalue weighted by Gasteiger charge is 2.14. The minimum absolute atomic E-state index is 0.104. The van der Waals surface area contributed by atoms with Gasteiger partial charge in [0.1, 0.15) is 13.2 Å². The SMILES string of the molecule is CCS(=O)(=O)NCCc1cc2c(cc1C)OCCO2. The minimum atomic E-state index is -3.13. The van der Waals surface area contributed by atoms with Crippen molar-refractivity contribution < 1.29 is 17.9 Å². The van der Waals surface area contributed by atoms with Gasteiger partial charge in [-0.25, -0.2) is 13.1 Å². The van der Waals surface area contributed by atoms with Gasteiger partial charge in [-0.2, -0.15) is 0 Å². The van der Waals surface area contributed by atoms with Gasteiger partial charge in [-0.1, -0.05) is 0 Å². The minimum Gasteiger partial charge on any atom is -0.486 e. The second kappa shape index (κ2) is 5.79. The highest BCUT2D eigenvalue weighted by Crippen LogP contribution is 2.33. The highest BCUT2D eigenvalue weighted by atomic mass is 32.2. The average Bonchev–Trinajstić information content (AvgIpc) is 2.39. The molecule has 6 heteroatoms. The Morgan fingerprint density at radius 3 is 2.47 bits per heavy atom. The number of nitrogens with one attached hydrogen (secondary N) is 1. The summed E-state index contributed by atoms with van der Waals surface area (Å²) in [5, 5.41) is 0. The molecule has 0 aliphatic carbocycles. The molecule has 106 valence electrons. The van der Waals surface area contributed by atoms with E-state index in [0.29, 0.717) is 26.2 Å². The molecule has 0 radical (unpaired) electrons. The third kappa shape index (κ3) is 3.61. The largest absolute Gasteiger partial charge is 0.486 e. The Kier molecular flexibility index (Phi) is 4.31. The van der Waals surface area contributed by atoms with Crippen LogP contribution in [-0.4, -0.2) is 33.9 Å². The lowest BCUT2D eigenvalue weighted by Crippen LogP contribution is -2.27. The van der Waals surface area contributed by atoms with E-state index in [1.165, 1.54) is 0 Å². The lowest BCUT2D eigenvalue weighted by Gasteiger charge is -2.20. The van der Waals surface area contributed by atoms with Crippen molar-refractivity contribution in [2.75, 3.05) is 25.5 Å². The molecule has 1 aliphatic heterocycles. The molecule has 0 bridgehead atoms. The van der Waals surface area contributed by atoms with Gasteiger partial charge in [0.25, 0.3) is 0 Å². The smallest absolute Gasteiger partial charge is 0.211 e. The van der Waals surface area contributed by atoms with E-state index >= 15 is 0 Å². The topological polar surface area (TPSA) is 64.6 Å².